The van der Waals surface area contributed by atoms with Crippen molar-refractivity contribution in [2.24, 2.45) is 0 Å². The second-order valence-electron chi connectivity index (χ2n) is 9.30. The molecule has 10 nitrogen and oxygen atoms in total. The number of benzene rings is 2. The summed E-state index contributed by atoms with van der Waals surface area (Å²) in [4.78, 5) is 9.00. The summed E-state index contributed by atoms with van der Waals surface area (Å²) in [5.74, 6) is 0.394. The molecular weight excluding hydrogens is 504 g/mol. The molecule has 192 valence electrons. The summed E-state index contributed by atoms with van der Waals surface area (Å²) in [6.07, 6.45) is 1.49. The van der Waals surface area contributed by atoms with Gasteiger partial charge in [-0.2, -0.15) is 0 Å². The van der Waals surface area contributed by atoms with Crippen LogP contribution in [0.25, 0.3) is 34.0 Å². The molecule has 2 atom stereocenters. The van der Waals surface area contributed by atoms with E-state index in [0.29, 0.717) is 22.5 Å². The highest BCUT2D eigenvalue weighted by Crippen LogP contribution is 2.31. The summed E-state index contributed by atoms with van der Waals surface area (Å²) < 4.78 is 30.3. The van der Waals surface area contributed by atoms with E-state index >= 15 is 0 Å². The quantitative estimate of drug-likeness (QED) is 0.196. The SMILES string of the molecule is [B]C(C)(O)NC([B])(O)c1ccc(-c2cc(-c3nc(-c4ccc(S(=O)(=O)C(C)C)cc4)cnc3N)on2)cc1. The molecule has 4 aromatic rings. The van der Waals surface area contributed by atoms with E-state index in [0.717, 1.165) is 0 Å². The molecule has 2 aromatic heterocycles. The molecule has 0 saturated heterocycles. The van der Waals surface area contributed by atoms with Crippen molar-refractivity contribution in [2.75, 3.05) is 5.73 Å². The standard InChI is InChI=1S/C25H25B2N5O5S/c1-14(2)38(35,36)18-10-6-16(7-11-18)20-13-29-23(28)22(30-20)21-12-19(31-37-21)15-4-8-17(9-5-15)25(27,34)32-24(3,26)33/h4-14,32-34H,1-3H3,(H2,28,29). The molecule has 38 heavy (non-hydrogen) atoms. The number of nitrogens with two attached hydrogens (primary N) is 1. The maximum absolute atomic E-state index is 12.4. The first-order valence-electron chi connectivity index (χ1n) is 11.5. The molecule has 0 aliphatic rings. The van der Waals surface area contributed by atoms with E-state index < -0.39 is 26.3 Å². The third-order valence-corrected chi connectivity index (χ3v) is 7.88. The lowest BCUT2D eigenvalue weighted by atomic mass is 9.80. The minimum absolute atomic E-state index is 0.124. The molecule has 0 spiro atoms. The van der Waals surface area contributed by atoms with Gasteiger partial charge < -0.3 is 20.5 Å². The summed E-state index contributed by atoms with van der Waals surface area (Å²) in [6, 6.07) is 14.4. The Balaban J connectivity index is 1.60. The van der Waals surface area contributed by atoms with Crippen LogP contribution in [0.3, 0.4) is 0 Å². The van der Waals surface area contributed by atoms with Gasteiger partial charge in [-0.3, -0.25) is 5.32 Å². The van der Waals surface area contributed by atoms with Gasteiger partial charge in [0.25, 0.3) is 0 Å². The largest absolute Gasteiger partial charge is 0.385 e. The molecular formula is C25H25B2N5O5S. The van der Waals surface area contributed by atoms with Crippen LogP contribution in [0.15, 0.2) is 70.2 Å². The second kappa shape index (κ2) is 9.99. The second-order valence-corrected chi connectivity index (χ2v) is 11.8. The number of nitrogens with zero attached hydrogens (tertiary/aromatic N) is 3. The number of rotatable bonds is 8. The zero-order valence-corrected chi connectivity index (χ0v) is 21.8. The van der Waals surface area contributed by atoms with Gasteiger partial charge in [0, 0.05) is 17.2 Å². The van der Waals surface area contributed by atoms with Gasteiger partial charge in [0.2, 0.25) is 0 Å². The van der Waals surface area contributed by atoms with E-state index in [-0.39, 0.29) is 27.7 Å². The fraction of sp³-hybridized carbons (Fsp3) is 0.240. The lowest BCUT2D eigenvalue weighted by molar-refractivity contribution is -0.00439. The van der Waals surface area contributed by atoms with Crippen LogP contribution in [0.5, 0.6) is 0 Å². The molecule has 0 saturated carbocycles. The first-order valence-corrected chi connectivity index (χ1v) is 13.1. The third kappa shape index (κ3) is 5.81. The van der Waals surface area contributed by atoms with Crippen LogP contribution in [0, 0.1) is 0 Å². The van der Waals surface area contributed by atoms with E-state index in [2.05, 4.69) is 20.4 Å². The van der Waals surface area contributed by atoms with Gasteiger partial charge >= 0.3 is 0 Å². The molecule has 2 heterocycles. The zero-order valence-electron chi connectivity index (χ0n) is 21.0. The fourth-order valence-electron chi connectivity index (χ4n) is 3.68. The number of sulfone groups is 1. The van der Waals surface area contributed by atoms with Crippen molar-refractivity contribution in [3.8, 4) is 34.0 Å². The minimum Gasteiger partial charge on any atom is -0.385 e. The Morgan fingerprint density at radius 1 is 1.00 bits per heavy atom. The number of aromatic nitrogens is 3. The van der Waals surface area contributed by atoms with Crippen LogP contribution in [0.2, 0.25) is 0 Å². The Kier molecular flexibility index (Phi) is 7.23. The lowest BCUT2D eigenvalue weighted by Crippen LogP contribution is -2.55. The van der Waals surface area contributed by atoms with Gasteiger partial charge in [0.05, 0.1) is 33.3 Å². The number of hydrogen-bond acceptors (Lipinski definition) is 10. The van der Waals surface area contributed by atoms with Crippen molar-refractivity contribution >= 4 is 31.3 Å². The van der Waals surface area contributed by atoms with Crippen LogP contribution in [0.4, 0.5) is 5.82 Å². The number of aliphatic hydroxyl groups is 2. The molecule has 0 aliphatic carbocycles. The molecule has 4 radical (unpaired) electrons. The van der Waals surface area contributed by atoms with E-state index in [9.17, 15) is 18.6 Å². The van der Waals surface area contributed by atoms with E-state index in [1.807, 2.05) is 0 Å². The molecule has 13 heteroatoms. The van der Waals surface area contributed by atoms with Gasteiger partial charge in [-0.15, -0.1) is 0 Å². The maximum atomic E-state index is 12.4. The average molecular weight is 529 g/mol. The summed E-state index contributed by atoms with van der Waals surface area (Å²) in [6.45, 7) is 4.50. The summed E-state index contributed by atoms with van der Waals surface area (Å²) in [7, 11) is 7.90. The van der Waals surface area contributed by atoms with Crippen LogP contribution >= 0.6 is 0 Å². The highest BCUT2D eigenvalue weighted by Gasteiger charge is 2.28. The molecule has 2 unspecified atom stereocenters. The molecule has 5 N–H and O–H groups in total. The molecule has 0 amide bonds. The Hall–Kier alpha value is -3.51. The number of nitrogens with one attached hydrogen (secondary N) is 1. The van der Waals surface area contributed by atoms with Gasteiger partial charge in [-0.05, 0) is 38.5 Å². The summed E-state index contributed by atoms with van der Waals surface area (Å²) in [5, 5.41) is 25.9. The zero-order chi connectivity index (χ0) is 27.9. The highest BCUT2D eigenvalue weighted by atomic mass is 32.2. The minimum atomic E-state index is -3.40. The number of nitrogen functional groups attached to an aromatic ring is 1. The average Bonchev–Trinajstić information content (AvgIpc) is 3.33. The summed E-state index contributed by atoms with van der Waals surface area (Å²) >= 11 is 0. The summed E-state index contributed by atoms with van der Waals surface area (Å²) in [5.41, 5.74) is 4.83. The Bertz CT molecular complexity index is 1550. The van der Waals surface area contributed by atoms with Gasteiger partial charge in [-0.1, -0.05) is 41.6 Å². The monoisotopic (exact) mass is 529 g/mol. The smallest absolute Gasteiger partial charge is 0.189 e. The van der Waals surface area contributed by atoms with E-state index in [1.165, 1.54) is 25.3 Å². The Morgan fingerprint density at radius 3 is 2.16 bits per heavy atom. The number of anilines is 1. The van der Waals surface area contributed by atoms with Crippen LogP contribution in [-0.4, -0.2) is 60.3 Å². The number of hydrogen-bond donors (Lipinski definition) is 4. The van der Waals surface area contributed by atoms with Crippen molar-refractivity contribution in [1.29, 1.82) is 0 Å². The van der Waals surface area contributed by atoms with E-state index in [4.69, 9.17) is 25.9 Å². The fourth-order valence-corrected chi connectivity index (χ4v) is 4.74. The van der Waals surface area contributed by atoms with E-state index in [1.54, 1.807) is 56.3 Å². The van der Waals surface area contributed by atoms with Crippen molar-refractivity contribution in [3.05, 3.63) is 66.4 Å². The normalized spacial score (nSPS) is 15.2. The van der Waals surface area contributed by atoms with Crippen LogP contribution in [-0.2, 0) is 15.5 Å². The van der Waals surface area contributed by atoms with Crippen LogP contribution < -0.4 is 11.1 Å². The lowest BCUT2D eigenvalue weighted by Gasteiger charge is -2.34. The van der Waals surface area contributed by atoms with Crippen molar-refractivity contribution in [1.82, 2.24) is 20.4 Å². The molecule has 0 fully saturated rings. The van der Waals surface area contributed by atoms with Crippen molar-refractivity contribution in [2.45, 2.75) is 42.2 Å². The third-order valence-electron chi connectivity index (χ3n) is 5.71. The first kappa shape index (κ1) is 27.5. The van der Waals surface area contributed by atoms with Crippen molar-refractivity contribution in [3.63, 3.8) is 0 Å². The van der Waals surface area contributed by atoms with Gasteiger partial charge in [0.1, 0.15) is 21.4 Å². The Morgan fingerprint density at radius 2 is 1.58 bits per heavy atom. The van der Waals surface area contributed by atoms with Gasteiger partial charge in [-0.25, -0.2) is 18.4 Å². The van der Waals surface area contributed by atoms with Crippen molar-refractivity contribution < 1.29 is 23.2 Å². The molecule has 2 aromatic carbocycles. The van der Waals surface area contributed by atoms with Gasteiger partial charge in [0.15, 0.2) is 27.1 Å². The topological polar surface area (TPSA) is 164 Å². The predicted molar refractivity (Wildman–Crippen MR) is 144 cm³/mol. The molecule has 4 rings (SSSR count). The Labute approximate surface area is 223 Å². The van der Waals surface area contributed by atoms with Crippen LogP contribution in [0.1, 0.15) is 26.3 Å². The highest BCUT2D eigenvalue weighted by molar-refractivity contribution is 7.92. The molecule has 0 bridgehead atoms. The maximum Gasteiger partial charge on any atom is 0.189 e. The molecule has 0 aliphatic heterocycles. The first-order chi connectivity index (χ1) is 17.7. The predicted octanol–water partition coefficient (Wildman–Crippen LogP) is 1.93.